The fraction of sp³-hybridized carbons (Fsp3) is 0.417. The van der Waals surface area contributed by atoms with Gasteiger partial charge < -0.3 is 10.4 Å². The summed E-state index contributed by atoms with van der Waals surface area (Å²) in [5.41, 5.74) is 3.61. The smallest absolute Gasteiger partial charge is 0.335 e. The third-order valence-corrected chi connectivity index (χ3v) is 6.65. The molecule has 0 spiro atoms. The fourth-order valence-corrected chi connectivity index (χ4v) is 4.68. The van der Waals surface area contributed by atoms with Gasteiger partial charge in [-0.3, -0.25) is 4.79 Å². The maximum absolute atomic E-state index is 12.2. The molecule has 2 N–H and O–H groups in total. The van der Waals surface area contributed by atoms with E-state index in [1.54, 1.807) is 12.1 Å². The van der Waals surface area contributed by atoms with Crippen LogP contribution in [0.1, 0.15) is 60.8 Å². The number of nitrogens with zero attached hydrogens (tertiary/aromatic N) is 2. The molecule has 1 aromatic heterocycles. The van der Waals surface area contributed by atoms with Crippen LogP contribution in [0, 0.1) is 22.7 Å². The number of rotatable bonds is 6. The Hall–Kier alpha value is -2.85. The Morgan fingerprint density at radius 3 is 2.77 bits per heavy atom. The van der Waals surface area contributed by atoms with Crippen molar-refractivity contribution in [3.05, 3.63) is 52.7 Å². The van der Waals surface area contributed by atoms with E-state index in [0.29, 0.717) is 27.9 Å². The summed E-state index contributed by atoms with van der Waals surface area (Å²) in [7, 11) is 0. The molecule has 1 unspecified atom stereocenters. The first-order valence-corrected chi connectivity index (χ1v) is 11.3. The lowest BCUT2D eigenvalue weighted by molar-refractivity contribution is -0.115. The van der Waals surface area contributed by atoms with Gasteiger partial charge in [-0.2, -0.15) is 5.26 Å². The minimum atomic E-state index is -1.04. The first kappa shape index (κ1) is 22.8. The predicted octanol–water partition coefficient (Wildman–Crippen LogP) is 4.92. The number of fused-ring (bicyclic) bond motifs is 1. The number of thioether (sulfide) groups is 1. The van der Waals surface area contributed by atoms with Crippen LogP contribution >= 0.6 is 11.8 Å². The molecule has 1 amide bonds. The molecule has 1 aliphatic rings. The minimum Gasteiger partial charge on any atom is -0.478 e. The molecule has 2 aromatic rings. The molecule has 31 heavy (non-hydrogen) atoms. The van der Waals surface area contributed by atoms with Gasteiger partial charge in [-0.05, 0) is 60.4 Å². The van der Waals surface area contributed by atoms with Crippen LogP contribution in [0.25, 0.3) is 0 Å². The van der Waals surface area contributed by atoms with E-state index in [9.17, 15) is 14.9 Å². The van der Waals surface area contributed by atoms with Crippen molar-refractivity contribution >= 4 is 29.3 Å². The van der Waals surface area contributed by atoms with Crippen LogP contribution < -0.4 is 5.32 Å². The van der Waals surface area contributed by atoms with Crippen molar-refractivity contribution in [2.45, 2.75) is 51.5 Å². The van der Waals surface area contributed by atoms with Crippen LogP contribution in [0.5, 0.6) is 0 Å². The van der Waals surface area contributed by atoms with Gasteiger partial charge in [0.1, 0.15) is 11.1 Å². The van der Waals surface area contributed by atoms with Crippen molar-refractivity contribution in [1.29, 1.82) is 5.26 Å². The lowest BCUT2D eigenvalue weighted by Crippen LogP contribution is -2.27. The molecule has 7 heteroatoms. The molecular formula is C24H27N3O3S. The van der Waals surface area contributed by atoms with E-state index in [4.69, 9.17) is 10.1 Å². The molecule has 6 nitrogen and oxygen atoms in total. The number of aryl methyl sites for hydroxylation is 1. The maximum Gasteiger partial charge on any atom is 0.335 e. The highest BCUT2D eigenvalue weighted by molar-refractivity contribution is 7.99. The molecule has 0 saturated carbocycles. The summed E-state index contributed by atoms with van der Waals surface area (Å²) in [6.07, 6.45) is 3.19. The number of carboxylic acid groups (broad SMARTS) is 1. The number of hydrogen-bond acceptors (Lipinski definition) is 5. The third kappa shape index (κ3) is 5.86. The molecule has 0 bridgehead atoms. The van der Waals surface area contributed by atoms with Gasteiger partial charge in [-0.1, -0.05) is 26.8 Å². The van der Waals surface area contributed by atoms with E-state index in [-0.39, 0.29) is 23.3 Å². The fourth-order valence-electron chi connectivity index (χ4n) is 3.77. The Labute approximate surface area is 187 Å². The lowest BCUT2D eigenvalue weighted by Gasteiger charge is -2.34. The molecule has 3 rings (SSSR count). The van der Waals surface area contributed by atoms with Crippen LogP contribution in [0.2, 0.25) is 0 Å². The number of hydrogen-bond donors (Lipinski definition) is 2. The minimum absolute atomic E-state index is 0.123. The summed E-state index contributed by atoms with van der Waals surface area (Å²) >= 11 is 1.41. The normalized spacial score (nSPS) is 15.6. The molecule has 1 aromatic carbocycles. The van der Waals surface area contributed by atoms with E-state index in [1.165, 1.54) is 29.5 Å². The zero-order valence-corrected chi connectivity index (χ0v) is 18.9. The van der Waals surface area contributed by atoms with Crippen LogP contribution in [-0.4, -0.2) is 27.7 Å². The van der Waals surface area contributed by atoms with Gasteiger partial charge in [0.2, 0.25) is 5.91 Å². The lowest BCUT2D eigenvalue weighted by atomic mass is 9.71. The van der Waals surface area contributed by atoms with Crippen LogP contribution in [-0.2, 0) is 17.6 Å². The Morgan fingerprint density at radius 2 is 2.10 bits per heavy atom. The van der Waals surface area contributed by atoms with Gasteiger partial charge >= 0.3 is 5.97 Å². The number of anilines is 1. The number of benzene rings is 1. The van der Waals surface area contributed by atoms with Crippen LogP contribution in [0.4, 0.5) is 5.69 Å². The van der Waals surface area contributed by atoms with E-state index < -0.39 is 5.97 Å². The number of nitriles is 1. The van der Waals surface area contributed by atoms with Crippen molar-refractivity contribution < 1.29 is 14.7 Å². The number of amides is 1. The largest absolute Gasteiger partial charge is 0.478 e. The van der Waals surface area contributed by atoms with E-state index in [2.05, 4.69) is 32.2 Å². The summed E-state index contributed by atoms with van der Waals surface area (Å²) in [4.78, 5) is 28.0. The highest BCUT2D eigenvalue weighted by Gasteiger charge is 2.30. The van der Waals surface area contributed by atoms with Crippen molar-refractivity contribution in [3.8, 4) is 6.07 Å². The van der Waals surface area contributed by atoms with Crippen molar-refractivity contribution in [2.75, 3.05) is 11.1 Å². The summed E-state index contributed by atoms with van der Waals surface area (Å²) in [6.45, 7) is 6.78. The molecular weight excluding hydrogens is 410 g/mol. The molecule has 0 aliphatic heterocycles. The average Bonchev–Trinajstić information content (AvgIpc) is 2.72. The highest BCUT2D eigenvalue weighted by Crippen LogP contribution is 2.38. The van der Waals surface area contributed by atoms with E-state index in [1.807, 2.05) is 6.07 Å². The number of carbonyl (C=O) groups excluding carboxylic acids is 1. The van der Waals surface area contributed by atoms with Gasteiger partial charge in [0.25, 0.3) is 0 Å². The number of carbonyl (C=O) groups is 2. The first-order valence-electron chi connectivity index (χ1n) is 10.4. The second-order valence-electron chi connectivity index (χ2n) is 8.90. The summed E-state index contributed by atoms with van der Waals surface area (Å²) in [5, 5.41) is 22.0. The van der Waals surface area contributed by atoms with E-state index in [0.717, 1.165) is 25.0 Å². The Bertz CT molecular complexity index is 1040. The van der Waals surface area contributed by atoms with Gasteiger partial charge in [-0.15, -0.1) is 11.8 Å². The molecule has 162 valence electrons. The number of pyridine rings is 1. The standard InChI is InChI=1S/C24H27N3O3S/c1-24(2,3)18-7-8-20-16(12-18)11-17(14-25)22(27-20)31-10-9-21(28)26-19-6-4-5-15(13-19)23(29)30/h4-6,11,13,18H,7-10,12H2,1-3H3,(H,26,28)(H,29,30). The molecule has 1 heterocycles. The predicted molar refractivity (Wildman–Crippen MR) is 121 cm³/mol. The van der Waals surface area contributed by atoms with Crippen molar-refractivity contribution in [1.82, 2.24) is 4.98 Å². The number of aromatic nitrogens is 1. The van der Waals surface area contributed by atoms with E-state index >= 15 is 0 Å². The maximum atomic E-state index is 12.2. The van der Waals surface area contributed by atoms with Gasteiger partial charge in [-0.25, -0.2) is 9.78 Å². The highest BCUT2D eigenvalue weighted by atomic mass is 32.2. The molecule has 0 radical (unpaired) electrons. The average molecular weight is 438 g/mol. The van der Waals surface area contributed by atoms with Gasteiger partial charge in [0.05, 0.1) is 11.1 Å². The summed E-state index contributed by atoms with van der Waals surface area (Å²) in [6, 6.07) is 10.4. The third-order valence-electron chi connectivity index (χ3n) is 5.66. The topological polar surface area (TPSA) is 103 Å². The molecule has 1 aliphatic carbocycles. The number of carboxylic acids is 1. The zero-order chi connectivity index (χ0) is 22.6. The number of aromatic carboxylic acids is 1. The Kier molecular flexibility index (Phi) is 7.01. The zero-order valence-electron chi connectivity index (χ0n) is 18.1. The van der Waals surface area contributed by atoms with Crippen LogP contribution in [0.15, 0.2) is 35.4 Å². The first-order chi connectivity index (χ1) is 14.7. The van der Waals surface area contributed by atoms with Gasteiger partial charge in [0.15, 0.2) is 0 Å². The molecule has 0 saturated heterocycles. The summed E-state index contributed by atoms with van der Waals surface area (Å²) in [5.74, 6) is -0.187. The number of nitrogens with one attached hydrogen (secondary N) is 1. The van der Waals surface area contributed by atoms with Crippen LogP contribution in [0.3, 0.4) is 0 Å². The SMILES string of the molecule is CC(C)(C)C1CCc2nc(SCCC(=O)Nc3cccc(C(=O)O)c3)c(C#N)cc2C1. The quantitative estimate of drug-likeness (QED) is 0.622. The second kappa shape index (κ2) is 9.52. The monoisotopic (exact) mass is 437 g/mol. The van der Waals surface area contributed by atoms with Gasteiger partial charge in [0, 0.05) is 23.6 Å². The molecule has 1 atom stereocenters. The Balaban J connectivity index is 1.61. The summed E-state index contributed by atoms with van der Waals surface area (Å²) < 4.78 is 0. The van der Waals surface area contributed by atoms with Crippen molar-refractivity contribution in [2.24, 2.45) is 11.3 Å². The van der Waals surface area contributed by atoms with Crippen molar-refractivity contribution in [3.63, 3.8) is 0 Å². The molecule has 0 fully saturated rings. The second-order valence-corrected chi connectivity index (χ2v) is 9.98. The Morgan fingerprint density at radius 1 is 1.32 bits per heavy atom.